The molecule has 2 heteroatoms. The highest BCUT2D eigenvalue weighted by Crippen LogP contribution is 2.76. The van der Waals surface area contributed by atoms with Gasteiger partial charge in [0.05, 0.1) is 22.7 Å². The maximum absolute atomic E-state index is 5.63. The minimum atomic E-state index is -0.00471. The van der Waals surface area contributed by atoms with Crippen molar-refractivity contribution in [3.05, 3.63) is 131 Å². The fraction of sp³-hybridized carbons (Fsp3) is 0.397. The highest BCUT2D eigenvalue weighted by molar-refractivity contribution is 6.26. The molecule has 0 saturated heterocycles. The van der Waals surface area contributed by atoms with Gasteiger partial charge in [0.15, 0.2) is 0 Å². The van der Waals surface area contributed by atoms with Crippen LogP contribution >= 0.6 is 0 Å². The van der Waals surface area contributed by atoms with Crippen LogP contribution in [0.2, 0.25) is 0 Å². The molecule has 7 unspecified atom stereocenters. The van der Waals surface area contributed by atoms with Crippen LogP contribution in [-0.2, 0) is 5.41 Å². The smallest absolute Gasteiger partial charge is 0.0728 e. The Morgan fingerprint density at radius 2 is 1.18 bits per heavy atom. The number of rotatable bonds is 3. The molecule has 5 fully saturated rings. The molecule has 0 radical (unpaired) electrons. The van der Waals surface area contributed by atoms with Crippen LogP contribution in [0.4, 0.5) is 0 Å². The van der Waals surface area contributed by atoms with E-state index < -0.39 is 0 Å². The third kappa shape index (κ3) is 4.20. The first-order valence-electron chi connectivity index (χ1n) is 23.8. The van der Waals surface area contributed by atoms with Crippen molar-refractivity contribution in [1.82, 2.24) is 9.38 Å². The lowest BCUT2D eigenvalue weighted by Crippen LogP contribution is -2.41. The molecule has 8 aromatic rings. The third-order valence-corrected chi connectivity index (χ3v) is 18.6. The summed E-state index contributed by atoms with van der Waals surface area (Å²) in [5.74, 6) is 6.29. The quantitative estimate of drug-likeness (QED) is 0.175. The topological polar surface area (TPSA) is 17.3 Å². The number of fused-ring (bicyclic) bond motifs is 12. The van der Waals surface area contributed by atoms with Crippen molar-refractivity contribution >= 4 is 38.1 Å². The molecule has 16 rings (SSSR count). The summed E-state index contributed by atoms with van der Waals surface area (Å²) >= 11 is 0. The van der Waals surface area contributed by atoms with Gasteiger partial charge in [-0.3, -0.25) is 4.98 Å². The van der Waals surface area contributed by atoms with Crippen LogP contribution in [0.25, 0.3) is 71.5 Å². The fourth-order valence-corrected chi connectivity index (χ4v) is 16.4. The molecular weight excluding hydrogens is 725 g/mol. The van der Waals surface area contributed by atoms with Crippen LogP contribution in [0.3, 0.4) is 0 Å². The Hall–Kier alpha value is -4.95. The molecule has 60 heavy (non-hydrogen) atoms. The molecule has 7 bridgehead atoms. The van der Waals surface area contributed by atoms with E-state index in [9.17, 15) is 0 Å². The zero-order valence-electron chi connectivity index (χ0n) is 35.4. The summed E-state index contributed by atoms with van der Waals surface area (Å²) < 4.78 is 2.73. The lowest BCUT2D eigenvalue weighted by Gasteiger charge is -2.48. The lowest BCUT2D eigenvalue weighted by molar-refractivity contribution is 0.00321. The maximum Gasteiger partial charge on any atom is 0.0728 e. The van der Waals surface area contributed by atoms with Gasteiger partial charge in [-0.15, -0.1) is 0 Å². The van der Waals surface area contributed by atoms with Gasteiger partial charge in [-0.25, -0.2) is 0 Å². The van der Waals surface area contributed by atoms with Gasteiger partial charge in [-0.05, 0) is 202 Å². The molecule has 5 saturated carbocycles. The van der Waals surface area contributed by atoms with Crippen LogP contribution < -0.4 is 0 Å². The van der Waals surface area contributed by atoms with Crippen molar-refractivity contribution < 1.29 is 0 Å². The summed E-state index contributed by atoms with van der Waals surface area (Å²) in [6.45, 7) is 7.12. The lowest BCUT2D eigenvalue weighted by atomic mass is 9.56. The van der Waals surface area contributed by atoms with Gasteiger partial charge >= 0.3 is 0 Å². The first-order valence-corrected chi connectivity index (χ1v) is 23.8. The van der Waals surface area contributed by atoms with E-state index >= 15 is 0 Å². The summed E-state index contributed by atoms with van der Waals surface area (Å²) in [7, 11) is 0. The third-order valence-electron chi connectivity index (χ3n) is 18.6. The molecule has 5 aromatic carbocycles. The molecule has 3 aromatic heterocycles. The summed E-state index contributed by atoms with van der Waals surface area (Å²) in [5, 5.41) is 6.07. The van der Waals surface area contributed by atoms with E-state index in [2.05, 4.69) is 128 Å². The second-order valence-corrected chi connectivity index (χ2v) is 22.4. The number of nitrogens with zero attached hydrogens (tertiary/aromatic N) is 2. The summed E-state index contributed by atoms with van der Waals surface area (Å²) in [5.41, 5.74) is 20.8. The second kappa shape index (κ2) is 11.3. The molecule has 0 amide bonds. The Morgan fingerprint density at radius 1 is 0.567 bits per heavy atom. The van der Waals surface area contributed by atoms with E-state index in [1.54, 1.807) is 27.5 Å². The van der Waals surface area contributed by atoms with Crippen LogP contribution in [0.5, 0.6) is 0 Å². The number of benzene rings is 5. The van der Waals surface area contributed by atoms with E-state index in [1.165, 1.54) is 136 Å². The number of aromatic nitrogens is 2. The Morgan fingerprint density at radius 3 is 1.85 bits per heavy atom. The monoisotopic (exact) mass is 778 g/mol. The van der Waals surface area contributed by atoms with Gasteiger partial charge in [0.25, 0.3) is 0 Å². The second-order valence-electron chi connectivity index (χ2n) is 22.4. The van der Waals surface area contributed by atoms with Crippen molar-refractivity contribution in [1.29, 1.82) is 0 Å². The maximum atomic E-state index is 5.63. The first-order chi connectivity index (χ1) is 29.3. The van der Waals surface area contributed by atoms with Gasteiger partial charge in [0.1, 0.15) is 0 Å². The largest absolute Gasteiger partial charge is 0.306 e. The molecule has 0 N–H and O–H groups in total. The van der Waals surface area contributed by atoms with Crippen molar-refractivity contribution in [3.63, 3.8) is 0 Å². The van der Waals surface area contributed by atoms with Gasteiger partial charge in [-0.2, -0.15) is 0 Å². The predicted octanol–water partition coefficient (Wildman–Crippen LogP) is 15.3. The van der Waals surface area contributed by atoms with Crippen molar-refractivity contribution in [2.75, 3.05) is 0 Å². The zero-order valence-corrected chi connectivity index (χ0v) is 35.4. The minimum absolute atomic E-state index is 0.00471. The summed E-state index contributed by atoms with van der Waals surface area (Å²) in [4.78, 5) is 5.63. The molecule has 0 aliphatic heterocycles. The van der Waals surface area contributed by atoms with E-state index in [4.69, 9.17) is 4.98 Å². The van der Waals surface area contributed by atoms with Crippen molar-refractivity contribution in [2.24, 2.45) is 29.1 Å². The molecule has 8 aliphatic carbocycles. The zero-order chi connectivity index (χ0) is 39.4. The van der Waals surface area contributed by atoms with Crippen molar-refractivity contribution in [2.45, 2.75) is 114 Å². The van der Waals surface area contributed by atoms with E-state index in [1.807, 2.05) is 0 Å². The first kappa shape index (κ1) is 33.7. The van der Waals surface area contributed by atoms with E-state index in [0.29, 0.717) is 29.1 Å². The van der Waals surface area contributed by atoms with Crippen LogP contribution in [-0.4, -0.2) is 9.38 Å². The highest BCUT2D eigenvalue weighted by atomic mass is 14.9. The summed E-state index contributed by atoms with van der Waals surface area (Å²) in [6, 6.07) is 38.2. The molecule has 3 heterocycles. The Bertz CT molecular complexity index is 3070. The number of hydrogen-bond acceptors (Lipinski definition) is 1. The van der Waals surface area contributed by atoms with Crippen LogP contribution in [0.15, 0.2) is 103 Å². The van der Waals surface area contributed by atoms with Gasteiger partial charge in [0.2, 0.25) is 0 Å². The van der Waals surface area contributed by atoms with E-state index in [-0.39, 0.29) is 5.41 Å². The average Bonchev–Trinajstić information content (AvgIpc) is 3.90. The van der Waals surface area contributed by atoms with Crippen molar-refractivity contribution in [3.8, 4) is 33.4 Å². The predicted molar refractivity (Wildman–Crippen MR) is 247 cm³/mol. The molecular formula is C58H54N2. The normalized spacial score (nSPS) is 30.6. The molecule has 296 valence electrons. The number of pyridine rings is 1. The molecule has 2 nitrogen and oxygen atoms in total. The molecule has 8 aliphatic rings. The van der Waals surface area contributed by atoms with Gasteiger partial charge in [-0.1, -0.05) is 87.5 Å². The van der Waals surface area contributed by atoms with Crippen LogP contribution in [0.1, 0.15) is 137 Å². The Labute approximate surface area is 353 Å². The van der Waals surface area contributed by atoms with Gasteiger partial charge < -0.3 is 4.40 Å². The van der Waals surface area contributed by atoms with Crippen LogP contribution in [0, 0.1) is 29.1 Å². The highest BCUT2D eigenvalue weighted by Gasteiger charge is 2.66. The number of hydrogen-bond donors (Lipinski definition) is 0. The summed E-state index contributed by atoms with van der Waals surface area (Å²) in [6.07, 6.45) is 16.3. The average molecular weight is 779 g/mol. The van der Waals surface area contributed by atoms with E-state index in [0.717, 1.165) is 23.7 Å². The Kier molecular flexibility index (Phi) is 6.35. The molecule has 1 spiro atoms. The van der Waals surface area contributed by atoms with Gasteiger partial charge in [0, 0.05) is 33.2 Å². The fourth-order valence-electron chi connectivity index (χ4n) is 16.4. The minimum Gasteiger partial charge on any atom is -0.306 e. The molecule has 7 atom stereocenters. The SMILES string of the molecule is CC(C)(C)c1cc(-c2ccccc2)c(-c2cc3c4c5c(ccc4n4c6cnc7c(c6c(c2)c34)C2CC3CC4CC7CC43C2)C2CC3CC(C2)CC5C3)c(-c2ccccc2)c1. The standard InChI is InChI=1S/C58H54N2/c1-57(2,3)40-26-44(33-10-6-4-7-11-33)50(45(27-40)34-12-8-5-9-13-34)37-23-46-53-48(15-14-43-35-17-31-16-32(18-35)20-36(19-31)51(43)53)60-49-30-59-55-39-22-42-25-41-21-38(28-58(41,42)29-39)52(55)54(49)47(24-37)56(46)60/h4-15,23-24,26-27,30-32,35-36,38-39,41-42H,16-22,25,28-29H2,1-3H3. The Balaban J connectivity index is 1.11.